The molecule has 4 rings (SSSR count). The maximum atomic E-state index is 12.9. The summed E-state index contributed by atoms with van der Waals surface area (Å²) in [5.41, 5.74) is 1.04. The van der Waals surface area contributed by atoms with Gasteiger partial charge in [-0.15, -0.1) is 0 Å². The first-order valence-electron chi connectivity index (χ1n) is 8.41. The highest BCUT2D eigenvalue weighted by molar-refractivity contribution is 9.10. The predicted octanol–water partition coefficient (Wildman–Crippen LogP) is 4.80. The number of cyclic esters (lactones) is 1. The van der Waals surface area contributed by atoms with Crippen molar-refractivity contribution in [1.29, 1.82) is 0 Å². The molecule has 0 spiro atoms. The Morgan fingerprint density at radius 1 is 1.07 bits per heavy atom. The number of nitrogens with zero attached hydrogens (tertiary/aromatic N) is 1. The molecule has 1 amide bonds. The largest absolute Gasteiger partial charge is 0.456 e. The lowest BCUT2D eigenvalue weighted by atomic mass is 9.84. The molecule has 0 bridgehead atoms. The van der Waals surface area contributed by atoms with Crippen LogP contribution >= 0.6 is 15.9 Å². The van der Waals surface area contributed by atoms with Gasteiger partial charge in [0, 0.05) is 22.5 Å². The van der Waals surface area contributed by atoms with E-state index < -0.39 is 23.6 Å². The van der Waals surface area contributed by atoms with Gasteiger partial charge in [-0.3, -0.25) is 9.69 Å². The van der Waals surface area contributed by atoms with Crippen molar-refractivity contribution in [1.82, 2.24) is 0 Å². The minimum atomic E-state index is -4.45. The summed E-state index contributed by atoms with van der Waals surface area (Å²) in [5, 5.41) is 0. The van der Waals surface area contributed by atoms with Crippen LogP contribution in [0.4, 0.5) is 18.9 Å². The molecule has 0 saturated carbocycles. The summed E-state index contributed by atoms with van der Waals surface area (Å²) < 4.78 is 44.4. The zero-order chi connectivity index (χ0) is 20.1. The number of hydrogen-bond donors (Lipinski definition) is 0. The van der Waals surface area contributed by atoms with Crippen LogP contribution in [0.2, 0.25) is 0 Å². The van der Waals surface area contributed by atoms with Crippen LogP contribution in [0.15, 0.2) is 64.3 Å². The Balaban J connectivity index is 1.77. The maximum absolute atomic E-state index is 12.9. The number of ether oxygens (including phenoxy) is 1. The highest BCUT2D eigenvalue weighted by Gasteiger charge is 2.43. The molecule has 2 aliphatic rings. The van der Waals surface area contributed by atoms with Crippen molar-refractivity contribution >= 4 is 33.5 Å². The SMILES string of the molecule is O=C1OCC2=C1C(c1ccc(C(F)(F)F)cc1)CC(=O)N2c1cccc(Br)c1. The lowest BCUT2D eigenvalue weighted by Gasteiger charge is -2.32. The first-order chi connectivity index (χ1) is 13.3. The van der Waals surface area contributed by atoms with Crippen molar-refractivity contribution < 1.29 is 27.5 Å². The predicted molar refractivity (Wildman–Crippen MR) is 98.4 cm³/mol. The molecule has 28 heavy (non-hydrogen) atoms. The van der Waals surface area contributed by atoms with E-state index in [2.05, 4.69) is 15.9 Å². The molecule has 2 aromatic carbocycles. The molecule has 2 aliphatic heterocycles. The molecule has 2 aromatic rings. The number of amides is 1. The molecule has 2 heterocycles. The van der Waals surface area contributed by atoms with Crippen molar-refractivity contribution in [2.75, 3.05) is 11.5 Å². The van der Waals surface area contributed by atoms with Crippen LogP contribution in [0, 0.1) is 0 Å². The van der Waals surface area contributed by atoms with Gasteiger partial charge in [-0.1, -0.05) is 34.1 Å². The van der Waals surface area contributed by atoms with Crippen LogP contribution in [-0.4, -0.2) is 18.5 Å². The number of alkyl halides is 3. The standard InChI is InChI=1S/C20H13BrF3NO3/c21-13-2-1-3-14(8-13)25-16-10-28-19(27)18(16)15(9-17(25)26)11-4-6-12(7-5-11)20(22,23)24/h1-8,15H,9-10H2. The number of rotatable bonds is 2. The third kappa shape index (κ3) is 3.22. The molecule has 0 aliphatic carbocycles. The van der Waals surface area contributed by atoms with Gasteiger partial charge in [-0.2, -0.15) is 13.2 Å². The zero-order valence-electron chi connectivity index (χ0n) is 14.3. The van der Waals surface area contributed by atoms with E-state index in [9.17, 15) is 22.8 Å². The highest BCUT2D eigenvalue weighted by Crippen LogP contribution is 2.42. The Morgan fingerprint density at radius 2 is 1.79 bits per heavy atom. The van der Waals surface area contributed by atoms with Crippen LogP contribution in [-0.2, 0) is 20.5 Å². The van der Waals surface area contributed by atoms with Crippen LogP contribution in [0.25, 0.3) is 0 Å². The Bertz CT molecular complexity index is 999. The fourth-order valence-corrected chi connectivity index (χ4v) is 3.95. The molecule has 0 N–H and O–H groups in total. The Labute approximate surface area is 166 Å². The maximum Gasteiger partial charge on any atom is 0.416 e. The van der Waals surface area contributed by atoms with Gasteiger partial charge in [0.25, 0.3) is 0 Å². The molecule has 0 aromatic heterocycles. The van der Waals surface area contributed by atoms with E-state index in [4.69, 9.17) is 4.74 Å². The van der Waals surface area contributed by atoms with E-state index in [1.54, 1.807) is 18.2 Å². The summed E-state index contributed by atoms with van der Waals surface area (Å²) >= 11 is 3.36. The second-order valence-corrected chi connectivity index (χ2v) is 7.44. The van der Waals surface area contributed by atoms with Gasteiger partial charge < -0.3 is 4.74 Å². The number of carbonyl (C=O) groups excluding carboxylic acids is 2. The van der Waals surface area contributed by atoms with Gasteiger partial charge >= 0.3 is 12.1 Å². The van der Waals surface area contributed by atoms with Gasteiger partial charge in [0.15, 0.2) is 0 Å². The Hall–Kier alpha value is -2.61. The monoisotopic (exact) mass is 451 g/mol. The number of hydrogen-bond acceptors (Lipinski definition) is 3. The second-order valence-electron chi connectivity index (χ2n) is 6.52. The Kier molecular flexibility index (Phi) is 4.53. The number of benzene rings is 2. The summed E-state index contributed by atoms with van der Waals surface area (Å²) in [7, 11) is 0. The van der Waals surface area contributed by atoms with E-state index in [1.165, 1.54) is 17.0 Å². The van der Waals surface area contributed by atoms with Gasteiger partial charge in [-0.25, -0.2) is 4.79 Å². The van der Waals surface area contributed by atoms with Crippen molar-refractivity contribution in [3.8, 4) is 0 Å². The molecule has 0 fully saturated rings. The minimum Gasteiger partial charge on any atom is -0.456 e. The molecule has 144 valence electrons. The third-order valence-electron chi connectivity index (χ3n) is 4.82. The van der Waals surface area contributed by atoms with E-state index in [1.807, 2.05) is 6.07 Å². The smallest absolute Gasteiger partial charge is 0.416 e. The summed E-state index contributed by atoms with van der Waals surface area (Å²) in [6.45, 7) is -0.0520. The lowest BCUT2D eigenvalue weighted by Crippen LogP contribution is -2.37. The summed E-state index contributed by atoms with van der Waals surface area (Å²) in [6, 6.07) is 11.6. The first-order valence-corrected chi connectivity index (χ1v) is 9.21. The number of anilines is 1. The van der Waals surface area contributed by atoms with Crippen molar-refractivity contribution in [2.45, 2.75) is 18.5 Å². The molecule has 4 nitrogen and oxygen atoms in total. The fraction of sp³-hybridized carbons (Fsp3) is 0.200. The minimum absolute atomic E-state index is 0.0359. The number of esters is 1. The topological polar surface area (TPSA) is 46.6 Å². The summed E-state index contributed by atoms with van der Waals surface area (Å²) in [5.74, 6) is -1.43. The normalized spacial score (nSPS) is 19.7. The Morgan fingerprint density at radius 3 is 2.43 bits per heavy atom. The van der Waals surface area contributed by atoms with Gasteiger partial charge in [0.05, 0.1) is 16.8 Å². The van der Waals surface area contributed by atoms with Crippen molar-refractivity contribution in [3.63, 3.8) is 0 Å². The van der Waals surface area contributed by atoms with Gasteiger partial charge in [-0.05, 0) is 35.9 Å². The van der Waals surface area contributed by atoms with Gasteiger partial charge in [0.1, 0.15) is 6.61 Å². The average molecular weight is 452 g/mol. The average Bonchev–Trinajstić information content (AvgIpc) is 3.02. The molecular formula is C20H13BrF3NO3. The molecule has 0 radical (unpaired) electrons. The molecule has 1 atom stereocenters. The highest BCUT2D eigenvalue weighted by atomic mass is 79.9. The van der Waals surface area contributed by atoms with E-state index >= 15 is 0 Å². The second kappa shape index (κ2) is 6.77. The van der Waals surface area contributed by atoms with Crippen LogP contribution in [0.5, 0.6) is 0 Å². The van der Waals surface area contributed by atoms with Crippen molar-refractivity contribution in [2.24, 2.45) is 0 Å². The van der Waals surface area contributed by atoms with Gasteiger partial charge in [0.2, 0.25) is 5.91 Å². The van der Waals surface area contributed by atoms with E-state index in [0.29, 0.717) is 22.5 Å². The van der Waals surface area contributed by atoms with E-state index in [0.717, 1.165) is 16.6 Å². The summed E-state index contributed by atoms with van der Waals surface area (Å²) in [6.07, 6.45) is -4.49. The third-order valence-corrected chi connectivity index (χ3v) is 5.32. The summed E-state index contributed by atoms with van der Waals surface area (Å²) in [4.78, 5) is 26.7. The molecular weight excluding hydrogens is 439 g/mol. The molecule has 1 unspecified atom stereocenters. The van der Waals surface area contributed by atoms with E-state index in [-0.39, 0.29) is 18.9 Å². The fourth-order valence-electron chi connectivity index (χ4n) is 3.56. The molecule has 0 saturated heterocycles. The van der Waals surface area contributed by atoms with Crippen LogP contribution < -0.4 is 4.90 Å². The quantitative estimate of drug-likeness (QED) is 0.616. The lowest BCUT2D eigenvalue weighted by molar-refractivity contribution is -0.138. The molecule has 8 heteroatoms. The zero-order valence-corrected chi connectivity index (χ0v) is 15.9. The van der Waals surface area contributed by atoms with Crippen LogP contribution in [0.3, 0.4) is 0 Å². The number of carbonyl (C=O) groups is 2. The van der Waals surface area contributed by atoms with Crippen LogP contribution in [0.1, 0.15) is 23.5 Å². The first kappa shape index (κ1) is 18.7. The van der Waals surface area contributed by atoms with Crippen molar-refractivity contribution in [3.05, 3.63) is 75.4 Å². The number of halogens is 4.